The second-order valence-electron chi connectivity index (χ2n) is 8.24. The third-order valence-corrected chi connectivity index (χ3v) is 7.30. The maximum atomic E-state index is 13.4. The molecule has 10 nitrogen and oxygen atoms in total. The summed E-state index contributed by atoms with van der Waals surface area (Å²) in [6.45, 7) is 5.99. The van der Waals surface area contributed by atoms with Gasteiger partial charge in [0, 0.05) is 18.2 Å². The summed E-state index contributed by atoms with van der Waals surface area (Å²) >= 11 is 0. The Morgan fingerprint density at radius 2 is 2.03 bits per heavy atom. The van der Waals surface area contributed by atoms with Gasteiger partial charge < -0.3 is 19.6 Å². The third-order valence-electron chi connectivity index (χ3n) is 5.77. The number of aromatic amines is 1. The highest BCUT2D eigenvalue weighted by molar-refractivity contribution is 7.89. The number of carbonyl (C=O) groups excluding carboxylic acids is 1. The number of fused-ring (bicyclic) bond motifs is 1. The molecular formula is C22H29N5O5S. The van der Waals surface area contributed by atoms with Crippen molar-refractivity contribution in [2.75, 3.05) is 18.5 Å². The number of H-pyrrole nitrogens is 1. The molecule has 0 unspecified atom stereocenters. The number of hydrogen-bond donors (Lipinski definition) is 3. The van der Waals surface area contributed by atoms with Crippen LogP contribution in [-0.4, -0.2) is 48.7 Å². The van der Waals surface area contributed by atoms with Gasteiger partial charge in [-0.3, -0.25) is 4.79 Å². The number of benzene rings is 1. The van der Waals surface area contributed by atoms with Gasteiger partial charge in [-0.15, -0.1) is 0 Å². The lowest BCUT2D eigenvalue weighted by atomic mass is 10.0. The first-order valence-corrected chi connectivity index (χ1v) is 12.7. The summed E-state index contributed by atoms with van der Waals surface area (Å²) in [6, 6.07) is 3.38. The van der Waals surface area contributed by atoms with Crippen molar-refractivity contribution >= 4 is 33.0 Å². The van der Waals surface area contributed by atoms with Crippen molar-refractivity contribution < 1.29 is 22.5 Å². The number of sulfonamides is 1. The van der Waals surface area contributed by atoms with Gasteiger partial charge in [-0.1, -0.05) is 18.0 Å². The van der Waals surface area contributed by atoms with E-state index in [9.17, 15) is 13.2 Å². The highest BCUT2D eigenvalue weighted by atomic mass is 32.2. The van der Waals surface area contributed by atoms with Gasteiger partial charge in [0.05, 0.1) is 24.2 Å². The van der Waals surface area contributed by atoms with E-state index in [4.69, 9.17) is 9.26 Å². The Labute approximate surface area is 192 Å². The monoisotopic (exact) mass is 475 g/mol. The van der Waals surface area contributed by atoms with Crippen LogP contribution in [0.4, 0.5) is 5.95 Å². The van der Waals surface area contributed by atoms with Crippen LogP contribution in [0.2, 0.25) is 0 Å². The molecule has 1 aliphatic rings. The summed E-state index contributed by atoms with van der Waals surface area (Å²) < 4.78 is 39.9. The number of nitrogens with one attached hydrogen (secondary N) is 3. The van der Waals surface area contributed by atoms with E-state index < -0.39 is 10.0 Å². The molecule has 0 amide bonds. The van der Waals surface area contributed by atoms with E-state index in [0.717, 1.165) is 31.2 Å². The van der Waals surface area contributed by atoms with E-state index in [1.54, 1.807) is 19.9 Å². The predicted octanol–water partition coefficient (Wildman–Crippen LogP) is 3.42. The number of esters is 1. The average molecular weight is 476 g/mol. The van der Waals surface area contributed by atoms with Crippen molar-refractivity contribution in [3.8, 4) is 11.1 Å². The fourth-order valence-electron chi connectivity index (χ4n) is 4.26. The summed E-state index contributed by atoms with van der Waals surface area (Å²) in [7, 11) is -3.82. The van der Waals surface area contributed by atoms with Crippen LogP contribution >= 0.6 is 0 Å². The van der Waals surface area contributed by atoms with Gasteiger partial charge in [0.25, 0.3) is 0 Å². The van der Waals surface area contributed by atoms with Crippen molar-refractivity contribution in [2.24, 2.45) is 0 Å². The number of aromatic nitrogens is 3. The summed E-state index contributed by atoms with van der Waals surface area (Å²) in [6.07, 6.45) is 3.85. The van der Waals surface area contributed by atoms with Crippen LogP contribution in [0.1, 0.15) is 50.5 Å². The normalized spacial score (nSPS) is 14.8. The molecule has 1 fully saturated rings. The van der Waals surface area contributed by atoms with Crippen LogP contribution < -0.4 is 10.0 Å². The molecule has 4 rings (SSSR count). The smallest absolute Gasteiger partial charge is 0.307 e. The van der Waals surface area contributed by atoms with Crippen LogP contribution in [0.15, 0.2) is 21.6 Å². The minimum Gasteiger partial charge on any atom is -0.466 e. The Hall–Kier alpha value is -2.92. The molecule has 11 heteroatoms. The van der Waals surface area contributed by atoms with Crippen LogP contribution in [0.3, 0.4) is 0 Å². The maximum Gasteiger partial charge on any atom is 0.307 e. The Bertz CT molecular complexity index is 1240. The van der Waals surface area contributed by atoms with Crippen LogP contribution in [0, 0.1) is 13.8 Å². The van der Waals surface area contributed by atoms with Gasteiger partial charge in [-0.2, -0.15) is 0 Å². The average Bonchev–Trinajstić information content (AvgIpc) is 3.47. The molecule has 33 heavy (non-hydrogen) atoms. The summed E-state index contributed by atoms with van der Waals surface area (Å²) in [5.41, 5.74) is 2.98. The number of hydrogen-bond acceptors (Lipinski definition) is 8. The molecule has 0 aliphatic heterocycles. The molecule has 0 saturated heterocycles. The van der Waals surface area contributed by atoms with Crippen molar-refractivity contribution in [3.63, 3.8) is 0 Å². The lowest BCUT2D eigenvalue weighted by molar-refractivity contribution is -0.142. The first kappa shape index (κ1) is 23.2. The number of nitrogens with zero attached hydrogens (tertiary/aromatic N) is 2. The second kappa shape index (κ2) is 9.52. The van der Waals surface area contributed by atoms with Crippen molar-refractivity contribution in [2.45, 2.75) is 63.8 Å². The first-order chi connectivity index (χ1) is 15.8. The molecule has 1 aliphatic carbocycles. The molecule has 178 valence electrons. The van der Waals surface area contributed by atoms with E-state index in [0.29, 0.717) is 47.2 Å². The van der Waals surface area contributed by atoms with Gasteiger partial charge in [0.2, 0.25) is 16.0 Å². The van der Waals surface area contributed by atoms with E-state index in [2.05, 4.69) is 25.2 Å². The van der Waals surface area contributed by atoms with Crippen molar-refractivity contribution in [3.05, 3.63) is 23.6 Å². The Morgan fingerprint density at radius 1 is 1.27 bits per heavy atom. The Morgan fingerprint density at radius 3 is 2.70 bits per heavy atom. The molecule has 0 atom stereocenters. The molecule has 2 aromatic heterocycles. The Kier molecular flexibility index (Phi) is 6.71. The topological polar surface area (TPSA) is 139 Å². The minimum atomic E-state index is -3.82. The number of rotatable bonds is 9. The third kappa shape index (κ3) is 5.03. The highest BCUT2D eigenvalue weighted by Gasteiger charge is 2.27. The van der Waals surface area contributed by atoms with E-state index >= 15 is 0 Å². The van der Waals surface area contributed by atoms with Gasteiger partial charge in [0.1, 0.15) is 16.2 Å². The molecule has 1 aromatic carbocycles. The standard InChI is InChI=1S/C22H29N5O5S/c1-4-31-19(28)9-10-23-22-24-17-11-15(20-13(2)26-32-14(20)3)12-18(21(17)25-22)33(29,30)27-16-7-5-6-8-16/h11-12,16,27H,4-10H2,1-3H3,(H2,23,24,25). The number of aryl methyl sites for hydroxylation is 2. The van der Waals surface area contributed by atoms with Gasteiger partial charge >= 0.3 is 5.97 Å². The lowest BCUT2D eigenvalue weighted by Gasteiger charge is -2.14. The lowest BCUT2D eigenvalue weighted by Crippen LogP contribution is -2.32. The summed E-state index contributed by atoms with van der Waals surface area (Å²) in [4.78, 5) is 19.3. The van der Waals surface area contributed by atoms with Gasteiger partial charge in [-0.25, -0.2) is 18.1 Å². The number of anilines is 1. The first-order valence-electron chi connectivity index (χ1n) is 11.2. The quantitative estimate of drug-likeness (QED) is 0.400. The number of carbonyl (C=O) groups is 1. The zero-order valence-electron chi connectivity index (χ0n) is 19.0. The SMILES string of the molecule is CCOC(=O)CCNc1nc2c(S(=O)(=O)NC3CCCC3)cc(-c3c(C)noc3C)cc2[nH]1. The van der Waals surface area contributed by atoms with E-state index in [1.807, 2.05) is 13.0 Å². The van der Waals surface area contributed by atoms with E-state index in [1.165, 1.54) is 0 Å². The van der Waals surface area contributed by atoms with Crippen molar-refractivity contribution in [1.82, 2.24) is 19.8 Å². The van der Waals surface area contributed by atoms with Crippen LogP contribution in [-0.2, 0) is 19.6 Å². The maximum absolute atomic E-state index is 13.4. The second-order valence-corrected chi connectivity index (χ2v) is 9.92. The minimum absolute atomic E-state index is 0.0751. The Balaban J connectivity index is 1.72. The number of imidazole rings is 1. The highest BCUT2D eigenvalue weighted by Crippen LogP contribution is 2.34. The molecule has 2 heterocycles. The molecule has 3 aromatic rings. The molecule has 0 spiro atoms. The molecule has 0 radical (unpaired) electrons. The van der Waals surface area contributed by atoms with Crippen molar-refractivity contribution in [1.29, 1.82) is 0 Å². The molecule has 3 N–H and O–H groups in total. The molecular weight excluding hydrogens is 446 g/mol. The zero-order chi connectivity index (χ0) is 23.6. The molecule has 1 saturated carbocycles. The van der Waals surface area contributed by atoms with Crippen LogP contribution in [0.5, 0.6) is 0 Å². The molecule has 0 bridgehead atoms. The summed E-state index contributed by atoms with van der Waals surface area (Å²) in [5.74, 6) is 0.666. The van der Waals surface area contributed by atoms with Crippen LogP contribution in [0.25, 0.3) is 22.2 Å². The van der Waals surface area contributed by atoms with Gasteiger partial charge in [0.15, 0.2) is 0 Å². The fraction of sp³-hybridized carbons (Fsp3) is 0.500. The fourth-order valence-corrected chi connectivity index (χ4v) is 5.75. The largest absolute Gasteiger partial charge is 0.466 e. The summed E-state index contributed by atoms with van der Waals surface area (Å²) in [5, 5.41) is 7.04. The van der Waals surface area contributed by atoms with Gasteiger partial charge in [-0.05, 0) is 51.3 Å². The zero-order valence-corrected chi connectivity index (χ0v) is 19.8. The predicted molar refractivity (Wildman–Crippen MR) is 123 cm³/mol. The van der Waals surface area contributed by atoms with E-state index in [-0.39, 0.29) is 23.3 Å². The number of ether oxygens (including phenoxy) is 1.